The second kappa shape index (κ2) is 7.08. The highest BCUT2D eigenvalue weighted by molar-refractivity contribution is 6.35. The van der Waals surface area contributed by atoms with Crippen molar-refractivity contribution in [3.05, 3.63) is 69.5 Å². The van der Waals surface area contributed by atoms with E-state index >= 15 is 0 Å². The van der Waals surface area contributed by atoms with E-state index in [1.165, 1.54) is 30.3 Å². The van der Waals surface area contributed by atoms with E-state index in [1.807, 2.05) is 0 Å². The molecule has 2 rings (SSSR count). The van der Waals surface area contributed by atoms with E-state index < -0.39 is 11.7 Å². The number of nitrogens with one attached hydrogen (secondary N) is 1. The molecule has 3 nitrogen and oxygen atoms in total. The van der Waals surface area contributed by atoms with Gasteiger partial charge in [-0.2, -0.15) is 5.26 Å². The summed E-state index contributed by atoms with van der Waals surface area (Å²) < 4.78 is 13.5. The van der Waals surface area contributed by atoms with E-state index in [4.69, 9.17) is 28.5 Å². The fourth-order valence-corrected chi connectivity index (χ4v) is 2.14. The molecular formula is C16H9Cl2FN2O. The Balaban J connectivity index is 2.28. The largest absolute Gasteiger partial charge is 0.319 e. The summed E-state index contributed by atoms with van der Waals surface area (Å²) in [5.41, 5.74) is 0.259. The molecule has 0 radical (unpaired) electrons. The Morgan fingerprint density at radius 2 is 1.95 bits per heavy atom. The van der Waals surface area contributed by atoms with Crippen molar-refractivity contribution in [2.45, 2.75) is 0 Å². The molecule has 0 spiro atoms. The summed E-state index contributed by atoms with van der Waals surface area (Å²) in [5, 5.41) is 12.2. The monoisotopic (exact) mass is 334 g/mol. The van der Waals surface area contributed by atoms with E-state index in [2.05, 4.69) is 5.32 Å². The maximum atomic E-state index is 13.5. The van der Waals surface area contributed by atoms with E-state index in [0.29, 0.717) is 15.6 Å². The average Bonchev–Trinajstić information content (AvgIpc) is 2.49. The van der Waals surface area contributed by atoms with Crippen LogP contribution < -0.4 is 5.32 Å². The molecule has 0 atom stereocenters. The van der Waals surface area contributed by atoms with Crippen molar-refractivity contribution in [1.82, 2.24) is 0 Å². The molecule has 0 saturated heterocycles. The molecule has 1 N–H and O–H groups in total. The van der Waals surface area contributed by atoms with Gasteiger partial charge in [0.05, 0.1) is 5.69 Å². The van der Waals surface area contributed by atoms with E-state index in [9.17, 15) is 9.18 Å². The molecule has 0 heterocycles. The quantitative estimate of drug-likeness (QED) is 0.654. The summed E-state index contributed by atoms with van der Waals surface area (Å²) in [6.07, 6.45) is 1.31. The Morgan fingerprint density at radius 1 is 1.23 bits per heavy atom. The van der Waals surface area contributed by atoms with Crippen LogP contribution in [0.2, 0.25) is 10.0 Å². The Bertz CT molecular complexity index is 797. The second-order valence-electron chi connectivity index (χ2n) is 4.27. The highest BCUT2D eigenvalue weighted by atomic mass is 35.5. The highest BCUT2D eigenvalue weighted by Gasteiger charge is 2.12. The van der Waals surface area contributed by atoms with Crippen molar-refractivity contribution >= 4 is 40.9 Å². The summed E-state index contributed by atoms with van der Waals surface area (Å²) in [4.78, 5) is 12.0. The summed E-state index contributed by atoms with van der Waals surface area (Å²) in [5.74, 6) is -1.31. The molecule has 0 aliphatic rings. The first-order valence-electron chi connectivity index (χ1n) is 6.14. The van der Waals surface area contributed by atoms with Crippen LogP contribution in [0.1, 0.15) is 5.56 Å². The molecule has 0 saturated carbocycles. The molecule has 22 heavy (non-hydrogen) atoms. The number of amides is 1. The fourth-order valence-electron chi connectivity index (χ4n) is 1.67. The SMILES string of the molecule is N#CC(=Cc1ccc(Cl)cc1Cl)C(=O)Nc1ccccc1F. The number of hydrogen-bond donors (Lipinski definition) is 1. The zero-order valence-corrected chi connectivity index (χ0v) is 12.6. The maximum Gasteiger partial charge on any atom is 0.266 e. The van der Waals surface area contributed by atoms with Crippen molar-refractivity contribution in [2.24, 2.45) is 0 Å². The van der Waals surface area contributed by atoms with Crippen LogP contribution in [0.4, 0.5) is 10.1 Å². The fraction of sp³-hybridized carbons (Fsp3) is 0. The van der Waals surface area contributed by atoms with Crippen LogP contribution in [0.3, 0.4) is 0 Å². The molecule has 6 heteroatoms. The van der Waals surface area contributed by atoms with Crippen LogP contribution in [0.25, 0.3) is 6.08 Å². The van der Waals surface area contributed by atoms with Crippen LogP contribution in [0.15, 0.2) is 48.0 Å². The summed E-state index contributed by atoms with van der Waals surface area (Å²) in [7, 11) is 0. The molecule has 0 bridgehead atoms. The van der Waals surface area contributed by atoms with Gasteiger partial charge < -0.3 is 5.32 Å². The lowest BCUT2D eigenvalue weighted by Crippen LogP contribution is -2.14. The number of nitriles is 1. The van der Waals surface area contributed by atoms with Crippen molar-refractivity contribution in [3.8, 4) is 6.07 Å². The topological polar surface area (TPSA) is 52.9 Å². The van der Waals surface area contributed by atoms with Gasteiger partial charge in [0.15, 0.2) is 0 Å². The molecule has 2 aromatic rings. The summed E-state index contributed by atoms with van der Waals surface area (Å²) in [6.45, 7) is 0. The number of benzene rings is 2. The minimum Gasteiger partial charge on any atom is -0.319 e. The number of hydrogen-bond acceptors (Lipinski definition) is 2. The first-order valence-corrected chi connectivity index (χ1v) is 6.89. The van der Waals surface area contributed by atoms with Crippen molar-refractivity contribution in [3.63, 3.8) is 0 Å². The van der Waals surface area contributed by atoms with Gasteiger partial charge in [-0.25, -0.2) is 4.39 Å². The second-order valence-corrected chi connectivity index (χ2v) is 5.11. The number of rotatable bonds is 3. The van der Waals surface area contributed by atoms with E-state index in [1.54, 1.807) is 24.3 Å². The Labute approximate surface area is 136 Å². The van der Waals surface area contributed by atoms with Gasteiger partial charge in [0.25, 0.3) is 5.91 Å². The van der Waals surface area contributed by atoms with Gasteiger partial charge in [0.2, 0.25) is 0 Å². The number of carbonyl (C=O) groups is 1. The van der Waals surface area contributed by atoms with Crippen molar-refractivity contribution in [1.29, 1.82) is 5.26 Å². The number of anilines is 1. The van der Waals surface area contributed by atoms with Gasteiger partial charge >= 0.3 is 0 Å². The predicted molar refractivity (Wildman–Crippen MR) is 85.1 cm³/mol. The van der Waals surface area contributed by atoms with Crippen LogP contribution in [0, 0.1) is 17.1 Å². The summed E-state index contributed by atoms with van der Waals surface area (Å²) >= 11 is 11.8. The highest BCUT2D eigenvalue weighted by Crippen LogP contribution is 2.23. The molecular weight excluding hydrogens is 326 g/mol. The molecule has 2 aromatic carbocycles. The number of halogens is 3. The molecule has 0 aliphatic carbocycles. The smallest absolute Gasteiger partial charge is 0.266 e. The molecule has 0 fully saturated rings. The van der Waals surface area contributed by atoms with Crippen LogP contribution >= 0.6 is 23.2 Å². The number of carbonyl (C=O) groups excluding carboxylic acids is 1. The maximum absolute atomic E-state index is 13.5. The lowest BCUT2D eigenvalue weighted by molar-refractivity contribution is -0.112. The average molecular weight is 335 g/mol. The van der Waals surface area contributed by atoms with Gasteiger partial charge in [-0.3, -0.25) is 4.79 Å². The van der Waals surface area contributed by atoms with E-state index in [-0.39, 0.29) is 11.3 Å². The Hall–Kier alpha value is -2.35. The Morgan fingerprint density at radius 3 is 2.59 bits per heavy atom. The van der Waals surface area contributed by atoms with Crippen LogP contribution in [-0.2, 0) is 4.79 Å². The number of nitrogens with zero attached hydrogens (tertiary/aromatic N) is 1. The standard InChI is InChI=1S/C16H9Cl2FN2O/c17-12-6-5-10(13(18)8-12)7-11(9-20)16(22)21-15-4-2-1-3-14(15)19/h1-8H,(H,21,22). The first kappa shape index (κ1) is 16.0. The van der Waals surface area contributed by atoms with Gasteiger partial charge in [-0.05, 0) is 35.9 Å². The normalized spacial score (nSPS) is 10.9. The minimum absolute atomic E-state index is 0.00384. The zero-order chi connectivity index (χ0) is 16.1. The third-order valence-electron chi connectivity index (χ3n) is 2.75. The molecule has 0 unspecified atom stereocenters. The summed E-state index contributed by atoms with van der Waals surface area (Å²) in [6, 6.07) is 12.1. The first-order chi connectivity index (χ1) is 10.5. The van der Waals surface area contributed by atoms with Crippen molar-refractivity contribution in [2.75, 3.05) is 5.32 Å². The predicted octanol–water partition coefficient (Wildman–Crippen LogP) is 4.68. The zero-order valence-electron chi connectivity index (χ0n) is 11.1. The van der Waals surface area contributed by atoms with Gasteiger partial charge in [0, 0.05) is 10.0 Å². The molecule has 1 amide bonds. The molecule has 0 aliphatic heterocycles. The Kier molecular flexibility index (Phi) is 5.16. The number of para-hydroxylation sites is 1. The third kappa shape index (κ3) is 3.85. The third-order valence-corrected chi connectivity index (χ3v) is 3.31. The minimum atomic E-state index is -0.724. The van der Waals surface area contributed by atoms with Gasteiger partial charge in [-0.1, -0.05) is 41.4 Å². The van der Waals surface area contributed by atoms with Crippen LogP contribution in [0.5, 0.6) is 0 Å². The molecule has 0 aromatic heterocycles. The van der Waals surface area contributed by atoms with Crippen LogP contribution in [-0.4, -0.2) is 5.91 Å². The van der Waals surface area contributed by atoms with Crippen molar-refractivity contribution < 1.29 is 9.18 Å². The van der Waals surface area contributed by atoms with Gasteiger partial charge in [-0.15, -0.1) is 0 Å². The lowest BCUT2D eigenvalue weighted by atomic mass is 10.1. The molecule has 110 valence electrons. The lowest BCUT2D eigenvalue weighted by Gasteiger charge is -2.05. The van der Waals surface area contributed by atoms with E-state index in [0.717, 1.165) is 0 Å². The van der Waals surface area contributed by atoms with Gasteiger partial charge in [0.1, 0.15) is 17.5 Å².